The van der Waals surface area contributed by atoms with E-state index in [0.29, 0.717) is 26.2 Å². The molecule has 0 spiro atoms. The van der Waals surface area contributed by atoms with Crippen molar-refractivity contribution in [3.63, 3.8) is 0 Å². The minimum absolute atomic E-state index is 0.103. The topological polar surface area (TPSA) is 72.8 Å². The Morgan fingerprint density at radius 1 is 0.731 bits per heavy atom. The highest BCUT2D eigenvalue weighted by Gasteiger charge is 2.12. The number of phenolic OH excluding ortho intramolecular Hbond substituents is 1. The van der Waals surface area contributed by atoms with Crippen molar-refractivity contribution in [1.29, 1.82) is 0 Å². The molecule has 0 aliphatic carbocycles. The molecule has 26 heavy (non-hydrogen) atoms. The van der Waals surface area contributed by atoms with Crippen molar-refractivity contribution < 1.29 is 24.2 Å². The third kappa shape index (κ3) is 4.40. The Bertz CT molecular complexity index is 936. The summed E-state index contributed by atoms with van der Waals surface area (Å²) in [6, 6.07) is 19.3. The Hall–Kier alpha value is -2.87. The van der Waals surface area contributed by atoms with Gasteiger partial charge in [-0.05, 0) is 77.2 Å². The van der Waals surface area contributed by atoms with E-state index in [9.17, 15) is 14.7 Å². The summed E-state index contributed by atoms with van der Waals surface area (Å²) in [5.41, 5.74) is 0.775. The zero-order valence-electron chi connectivity index (χ0n) is 13.4. The van der Waals surface area contributed by atoms with Crippen molar-refractivity contribution in [1.82, 2.24) is 0 Å². The Kier molecular flexibility index (Phi) is 5.52. The van der Waals surface area contributed by atoms with Gasteiger partial charge in [-0.3, -0.25) is 0 Å². The quantitative estimate of drug-likeness (QED) is 0.354. The van der Waals surface area contributed by atoms with Crippen LogP contribution in [0.3, 0.4) is 0 Å². The fraction of sp³-hybridized carbons (Fsp3) is 0. The Morgan fingerprint density at radius 2 is 1.27 bits per heavy atom. The summed E-state index contributed by atoms with van der Waals surface area (Å²) >= 11 is 1.93. The van der Waals surface area contributed by atoms with Gasteiger partial charge in [0.15, 0.2) is 0 Å². The monoisotopic (exact) mass is 460 g/mol. The molecule has 0 heterocycles. The number of hydrogen-bond acceptors (Lipinski definition) is 5. The van der Waals surface area contributed by atoms with E-state index >= 15 is 0 Å². The molecule has 6 heteroatoms. The molecule has 1 N–H and O–H groups in total. The van der Waals surface area contributed by atoms with Gasteiger partial charge in [0.1, 0.15) is 17.2 Å². The lowest BCUT2D eigenvalue weighted by molar-refractivity contribution is 0.0719. The molecule has 0 aromatic heterocycles. The van der Waals surface area contributed by atoms with Crippen LogP contribution in [0.25, 0.3) is 0 Å². The molecule has 3 aromatic rings. The average Bonchev–Trinajstić information content (AvgIpc) is 2.66. The van der Waals surface area contributed by atoms with Crippen molar-refractivity contribution in [3.05, 3.63) is 87.5 Å². The summed E-state index contributed by atoms with van der Waals surface area (Å²) in [5.74, 6) is -0.242. The van der Waals surface area contributed by atoms with Gasteiger partial charge in [-0.15, -0.1) is 0 Å². The first kappa shape index (κ1) is 17.9. The second-order valence-electron chi connectivity index (χ2n) is 5.28. The standard InChI is InChI=1S/C20H13IO5/c21-17-12-14(6-11-18(17)22)20(24)26-16-9-7-15(8-10-16)25-19(23)13-4-2-1-3-5-13/h1-12,22H. The molecule has 0 aliphatic rings. The number of carbonyl (C=O) groups excluding carboxylic acids is 2. The number of hydrogen-bond donors (Lipinski definition) is 1. The summed E-state index contributed by atoms with van der Waals surface area (Å²) in [7, 11) is 0. The molecular weight excluding hydrogens is 447 g/mol. The number of benzene rings is 3. The fourth-order valence-electron chi connectivity index (χ4n) is 2.12. The van der Waals surface area contributed by atoms with Crippen molar-refractivity contribution in [3.8, 4) is 17.2 Å². The second-order valence-corrected chi connectivity index (χ2v) is 6.44. The highest BCUT2D eigenvalue weighted by Crippen LogP contribution is 2.23. The number of esters is 2. The van der Waals surface area contributed by atoms with Crippen molar-refractivity contribution in [2.45, 2.75) is 0 Å². The molecule has 0 fully saturated rings. The summed E-state index contributed by atoms with van der Waals surface area (Å²) in [5, 5.41) is 9.50. The van der Waals surface area contributed by atoms with Crippen molar-refractivity contribution in [2.75, 3.05) is 0 Å². The lowest BCUT2D eigenvalue weighted by Crippen LogP contribution is -2.09. The van der Waals surface area contributed by atoms with E-state index in [1.54, 1.807) is 36.4 Å². The number of phenols is 1. The van der Waals surface area contributed by atoms with Crippen LogP contribution in [0.5, 0.6) is 17.2 Å². The van der Waals surface area contributed by atoms with Gasteiger partial charge in [0.25, 0.3) is 0 Å². The lowest BCUT2D eigenvalue weighted by atomic mass is 10.2. The minimum atomic E-state index is -0.544. The maximum atomic E-state index is 12.1. The van der Waals surface area contributed by atoms with Gasteiger partial charge >= 0.3 is 11.9 Å². The van der Waals surface area contributed by atoms with E-state index < -0.39 is 11.9 Å². The van der Waals surface area contributed by atoms with Gasteiger partial charge in [0, 0.05) is 0 Å². The normalized spacial score (nSPS) is 10.2. The molecule has 5 nitrogen and oxygen atoms in total. The Labute approximate surface area is 163 Å². The number of ether oxygens (including phenoxy) is 2. The van der Waals surface area contributed by atoms with Gasteiger partial charge in [-0.25, -0.2) is 9.59 Å². The van der Waals surface area contributed by atoms with E-state index in [4.69, 9.17) is 9.47 Å². The van der Waals surface area contributed by atoms with E-state index in [0.717, 1.165) is 0 Å². The summed E-state index contributed by atoms with van der Waals surface area (Å²) < 4.78 is 11.1. The average molecular weight is 460 g/mol. The summed E-state index contributed by atoms with van der Waals surface area (Å²) in [6.45, 7) is 0. The number of carbonyl (C=O) groups is 2. The second kappa shape index (κ2) is 8.01. The van der Waals surface area contributed by atoms with Crippen LogP contribution in [-0.2, 0) is 0 Å². The Balaban J connectivity index is 1.65. The lowest BCUT2D eigenvalue weighted by Gasteiger charge is -2.07. The molecule has 0 radical (unpaired) electrons. The molecule has 0 unspecified atom stereocenters. The molecular formula is C20H13IO5. The maximum absolute atomic E-state index is 12.1. The zero-order valence-corrected chi connectivity index (χ0v) is 15.5. The predicted octanol–water partition coefficient (Wildman–Crippen LogP) is 4.44. The van der Waals surface area contributed by atoms with E-state index in [-0.39, 0.29) is 5.75 Å². The molecule has 0 amide bonds. The largest absolute Gasteiger partial charge is 0.507 e. The van der Waals surface area contributed by atoms with Crippen LogP contribution in [-0.4, -0.2) is 17.0 Å². The van der Waals surface area contributed by atoms with Crippen LogP contribution >= 0.6 is 22.6 Å². The van der Waals surface area contributed by atoms with Gasteiger partial charge < -0.3 is 14.6 Å². The molecule has 0 saturated carbocycles. The number of aromatic hydroxyl groups is 1. The highest BCUT2D eigenvalue weighted by atomic mass is 127. The molecule has 0 aliphatic heterocycles. The third-order valence-electron chi connectivity index (χ3n) is 3.44. The number of halogens is 1. The van der Waals surface area contributed by atoms with Crippen LogP contribution in [0.15, 0.2) is 72.8 Å². The van der Waals surface area contributed by atoms with E-state index in [2.05, 4.69) is 0 Å². The number of rotatable bonds is 4. The molecule has 130 valence electrons. The minimum Gasteiger partial charge on any atom is -0.507 e. The smallest absolute Gasteiger partial charge is 0.343 e. The molecule has 0 atom stereocenters. The van der Waals surface area contributed by atoms with Gasteiger partial charge in [-0.1, -0.05) is 18.2 Å². The maximum Gasteiger partial charge on any atom is 0.343 e. The van der Waals surface area contributed by atoms with Crippen LogP contribution < -0.4 is 9.47 Å². The van der Waals surface area contributed by atoms with E-state index in [1.165, 1.54) is 30.3 Å². The summed E-state index contributed by atoms with van der Waals surface area (Å²) in [6.07, 6.45) is 0. The summed E-state index contributed by atoms with van der Waals surface area (Å²) in [4.78, 5) is 24.1. The first-order valence-corrected chi connectivity index (χ1v) is 8.69. The first-order chi connectivity index (χ1) is 12.5. The van der Waals surface area contributed by atoms with Gasteiger partial charge in [0.05, 0.1) is 14.7 Å². The van der Waals surface area contributed by atoms with Crippen LogP contribution in [0, 0.1) is 3.57 Å². The fourth-order valence-corrected chi connectivity index (χ4v) is 2.63. The molecule has 0 bridgehead atoms. The third-order valence-corrected chi connectivity index (χ3v) is 4.30. The van der Waals surface area contributed by atoms with E-state index in [1.807, 2.05) is 28.7 Å². The first-order valence-electron chi connectivity index (χ1n) is 7.61. The highest BCUT2D eigenvalue weighted by molar-refractivity contribution is 14.1. The van der Waals surface area contributed by atoms with Gasteiger partial charge in [0.2, 0.25) is 0 Å². The van der Waals surface area contributed by atoms with Gasteiger partial charge in [-0.2, -0.15) is 0 Å². The SMILES string of the molecule is O=C(Oc1ccc(OC(=O)c2ccc(O)c(I)c2)cc1)c1ccccc1. The Morgan fingerprint density at radius 3 is 1.81 bits per heavy atom. The zero-order chi connectivity index (χ0) is 18.5. The van der Waals surface area contributed by atoms with Crippen molar-refractivity contribution in [2.24, 2.45) is 0 Å². The molecule has 0 saturated heterocycles. The predicted molar refractivity (Wildman–Crippen MR) is 104 cm³/mol. The van der Waals surface area contributed by atoms with Crippen LogP contribution in [0.4, 0.5) is 0 Å². The van der Waals surface area contributed by atoms with Crippen LogP contribution in [0.1, 0.15) is 20.7 Å². The molecule has 3 rings (SSSR count). The molecule has 3 aromatic carbocycles. The van der Waals surface area contributed by atoms with Crippen molar-refractivity contribution >= 4 is 34.5 Å². The van der Waals surface area contributed by atoms with Crippen LogP contribution in [0.2, 0.25) is 0 Å².